The maximum absolute atomic E-state index is 12.3. The van der Waals surface area contributed by atoms with Crippen molar-refractivity contribution in [1.29, 1.82) is 0 Å². The molecule has 0 bridgehead atoms. The first kappa shape index (κ1) is 15.2. The molecule has 0 aromatic carbocycles. The quantitative estimate of drug-likeness (QED) is 0.818. The van der Waals surface area contributed by atoms with Crippen LogP contribution in [0.3, 0.4) is 0 Å². The largest absolute Gasteiger partial charge is 0.393 e. The first-order valence-electron chi connectivity index (χ1n) is 7.43. The van der Waals surface area contributed by atoms with Crippen LogP contribution >= 0.6 is 0 Å². The van der Waals surface area contributed by atoms with Crippen LogP contribution in [0.1, 0.15) is 51.9 Å². The first-order valence-corrected chi connectivity index (χ1v) is 8.87. The van der Waals surface area contributed by atoms with Crippen LogP contribution in [0.15, 0.2) is 0 Å². The molecule has 1 aliphatic carbocycles. The highest BCUT2D eigenvalue weighted by atomic mass is 32.2. The fourth-order valence-electron chi connectivity index (χ4n) is 3.18. The van der Waals surface area contributed by atoms with Crippen molar-refractivity contribution < 1.29 is 13.5 Å². The van der Waals surface area contributed by atoms with Crippen LogP contribution in [0.2, 0.25) is 0 Å². The summed E-state index contributed by atoms with van der Waals surface area (Å²) in [6, 6.07) is 0.100. The van der Waals surface area contributed by atoms with Crippen LogP contribution < -0.4 is 4.72 Å². The maximum Gasteiger partial charge on any atom is 0.279 e. The minimum absolute atomic E-state index is 0.100. The molecule has 0 radical (unpaired) electrons. The Labute approximate surface area is 116 Å². The Morgan fingerprint density at radius 1 is 1.21 bits per heavy atom. The predicted octanol–water partition coefficient (Wildman–Crippen LogP) is 1.25. The van der Waals surface area contributed by atoms with Gasteiger partial charge >= 0.3 is 0 Å². The standard InChI is InChI=1S/C13H26N2O3S/c1-11-5-2-3-8-15(11)19(17,18)14-10-12-6-4-7-13(16)9-12/h11-14,16H,2-10H2,1H3. The Morgan fingerprint density at radius 3 is 2.68 bits per heavy atom. The van der Waals surface area contributed by atoms with E-state index in [0.29, 0.717) is 13.1 Å². The third-order valence-electron chi connectivity index (χ3n) is 4.36. The van der Waals surface area contributed by atoms with E-state index in [1.54, 1.807) is 4.31 Å². The molecule has 0 aromatic heterocycles. The highest BCUT2D eigenvalue weighted by molar-refractivity contribution is 7.87. The fraction of sp³-hybridized carbons (Fsp3) is 1.00. The fourth-order valence-corrected chi connectivity index (χ4v) is 4.74. The van der Waals surface area contributed by atoms with Gasteiger partial charge in [-0.3, -0.25) is 0 Å². The van der Waals surface area contributed by atoms with Gasteiger partial charge in [0.1, 0.15) is 0 Å². The minimum Gasteiger partial charge on any atom is -0.393 e. The molecule has 0 amide bonds. The summed E-state index contributed by atoms with van der Waals surface area (Å²) in [6.45, 7) is 3.06. The van der Waals surface area contributed by atoms with Crippen LogP contribution in [-0.4, -0.2) is 43.1 Å². The topological polar surface area (TPSA) is 69.6 Å². The van der Waals surface area contributed by atoms with Crippen molar-refractivity contribution in [3.63, 3.8) is 0 Å². The van der Waals surface area contributed by atoms with Crippen molar-refractivity contribution in [2.75, 3.05) is 13.1 Å². The second kappa shape index (κ2) is 6.52. The molecule has 2 rings (SSSR count). The lowest BCUT2D eigenvalue weighted by Crippen LogP contribution is -2.49. The van der Waals surface area contributed by atoms with Gasteiger partial charge in [0.05, 0.1) is 6.10 Å². The number of nitrogens with one attached hydrogen (secondary N) is 1. The summed E-state index contributed by atoms with van der Waals surface area (Å²) >= 11 is 0. The molecule has 1 saturated heterocycles. The van der Waals surface area contributed by atoms with Crippen molar-refractivity contribution in [1.82, 2.24) is 9.03 Å². The Balaban J connectivity index is 1.86. The summed E-state index contributed by atoms with van der Waals surface area (Å²) in [5.41, 5.74) is 0. The number of aliphatic hydroxyl groups is 1. The molecule has 2 aliphatic rings. The molecular weight excluding hydrogens is 264 g/mol. The van der Waals surface area contributed by atoms with Gasteiger partial charge in [0, 0.05) is 19.1 Å². The predicted molar refractivity (Wildman–Crippen MR) is 74.9 cm³/mol. The van der Waals surface area contributed by atoms with Crippen LogP contribution in [-0.2, 0) is 10.2 Å². The third-order valence-corrected chi connectivity index (χ3v) is 6.05. The van der Waals surface area contributed by atoms with Gasteiger partial charge in [-0.1, -0.05) is 12.8 Å². The smallest absolute Gasteiger partial charge is 0.279 e. The monoisotopic (exact) mass is 290 g/mol. The molecule has 19 heavy (non-hydrogen) atoms. The van der Waals surface area contributed by atoms with Crippen LogP contribution in [0, 0.1) is 5.92 Å². The van der Waals surface area contributed by atoms with E-state index in [-0.39, 0.29) is 18.1 Å². The van der Waals surface area contributed by atoms with Crippen molar-refractivity contribution in [2.45, 2.75) is 64.0 Å². The number of hydrogen-bond donors (Lipinski definition) is 2. The highest BCUT2D eigenvalue weighted by Gasteiger charge is 2.30. The maximum atomic E-state index is 12.3. The van der Waals surface area contributed by atoms with Crippen LogP contribution in [0.25, 0.3) is 0 Å². The lowest BCUT2D eigenvalue weighted by Gasteiger charge is -2.33. The molecule has 112 valence electrons. The van der Waals surface area contributed by atoms with Crippen molar-refractivity contribution in [3.8, 4) is 0 Å². The summed E-state index contributed by atoms with van der Waals surface area (Å²) in [6.07, 6.45) is 6.34. The lowest BCUT2D eigenvalue weighted by atomic mass is 9.87. The SMILES string of the molecule is CC1CCCCN1S(=O)(=O)NCC1CCCC(O)C1. The summed E-state index contributed by atoms with van der Waals surface area (Å²) in [5.74, 6) is 0.277. The van der Waals surface area contributed by atoms with Gasteiger partial charge in [0.2, 0.25) is 0 Å². The van der Waals surface area contributed by atoms with Gasteiger partial charge in [0.25, 0.3) is 10.2 Å². The molecule has 0 spiro atoms. The van der Waals surface area contributed by atoms with E-state index in [1.165, 1.54) is 0 Å². The van der Waals surface area contributed by atoms with E-state index in [0.717, 1.165) is 44.9 Å². The molecule has 5 nitrogen and oxygen atoms in total. The van der Waals surface area contributed by atoms with E-state index < -0.39 is 10.2 Å². The van der Waals surface area contributed by atoms with Gasteiger partial charge in [-0.2, -0.15) is 12.7 Å². The zero-order valence-electron chi connectivity index (χ0n) is 11.7. The van der Waals surface area contributed by atoms with E-state index in [1.807, 2.05) is 6.92 Å². The summed E-state index contributed by atoms with van der Waals surface area (Å²) < 4.78 is 28.9. The van der Waals surface area contributed by atoms with E-state index in [9.17, 15) is 13.5 Å². The average molecular weight is 290 g/mol. The first-order chi connectivity index (χ1) is 8.99. The number of piperidine rings is 1. The van der Waals surface area contributed by atoms with E-state index in [4.69, 9.17) is 0 Å². The molecule has 2 N–H and O–H groups in total. The molecule has 3 unspecified atom stereocenters. The van der Waals surface area contributed by atoms with Gasteiger partial charge in [-0.25, -0.2) is 4.72 Å². The average Bonchev–Trinajstić information content (AvgIpc) is 2.37. The Morgan fingerprint density at radius 2 is 2.00 bits per heavy atom. The summed E-state index contributed by atoms with van der Waals surface area (Å²) in [4.78, 5) is 0. The normalized spacial score (nSPS) is 34.3. The van der Waals surface area contributed by atoms with E-state index >= 15 is 0 Å². The molecule has 1 saturated carbocycles. The third kappa shape index (κ3) is 4.15. The Bertz CT molecular complexity index is 385. The minimum atomic E-state index is -3.35. The van der Waals surface area contributed by atoms with Crippen molar-refractivity contribution in [2.24, 2.45) is 5.92 Å². The molecule has 6 heteroatoms. The molecule has 2 fully saturated rings. The number of hydrogen-bond acceptors (Lipinski definition) is 3. The summed E-state index contributed by atoms with van der Waals surface area (Å²) in [5, 5.41) is 9.61. The molecule has 1 aliphatic heterocycles. The van der Waals surface area contributed by atoms with Gasteiger partial charge in [-0.15, -0.1) is 0 Å². The number of aliphatic hydroxyl groups excluding tert-OH is 1. The number of rotatable bonds is 4. The second-order valence-electron chi connectivity index (χ2n) is 6.00. The second-order valence-corrected chi connectivity index (χ2v) is 7.70. The number of nitrogens with zero attached hydrogens (tertiary/aromatic N) is 1. The molecule has 0 aromatic rings. The van der Waals surface area contributed by atoms with Crippen molar-refractivity contribution in [3.05, 3.63) is 0 Å². The molecule has 1 heterocycles. The highest BCUT2D eigenvalue weighted by Crippen LogP contribution is 2.24. The van der Waals surface area contributed by atoms with Crippen molar-refractivity contribution >= 4 is 10.2 Å². The van der Waals surface area contributed by atoms with Gasteiger partial charge in [0.15, 0.2) is 0 Å². The van der Waals surface area contributed by atoms with Crippen LogP contribution in [0.5, 0.6) is 0 Å². The van der Waals surface area contributed by atoms with Gasteiger partial charge < -0.3 is 5.11 Å². The zero-order valence-corrected chi connectivity index (χ0v) is 12.5. The van der Waals surface area contributed by atoms with Crippen LogP contribution in [0.4, 0.5) is 0 Å². The lowest BCUT2D eigenvalue weighted by molar-refractivity contribution is 0.102. The molecular formula is C13H26N2O3S. The van der Waals surface area contributed by atoms with E-state index in [2.05, 4.69) is 4.72 Å². The van der Waals surface area contributed by atoms with Gasteiger partial charge in [-0.05, 0) is 44.9 Å². The Kier molecular flexibility index (Phi) is 5.22. The summed E-state index contributed by atoms with van der Waals surface area (Å²) in [7, 11) is -3.35. The molecule has 3 atom stereocenters. The zero-order chi connectivity index (χ0) is 13.9. The Hall–Kier alpha value is -0.170.